The average Bonchev–Trinajstić information content (AvgIpc) is 3.48. The van der Waals surface area contributed by atoms with E-state index in [1.165, 1.54) is 12.1 Å². The molecule has 0 saturated carbocycles. The minimum Gasteiger partial charge on any atom is -0.379 e. The van der Waals surface area contributed by atoms with E-state index >= 15 is 0 Å². The van der Waals surface area contributed by atoms with E-state index in [4.69, 9.17) is 4.74 Å². The van der Waals surface area contributed by atoms with Gasteiger partial charge in [-0.1, -0.05) is 0 Å². The number of ether oxygens (including phenoxy) is 1. The second kappa shape index (κ2) is 9.72. The Bertz CT molecular complexity index is 1100. The predicted molar refractivity (Wildman–Crippen MR) is 121 cm³/mol. The molecular formula is C24H29F2N5O2. The predicted octanol–water partition coefficient (Wildman–Crippen LogP) is 2.87. The van der Waals surface area contributed by atoms with Crippen molar-refractivity contribution in [2.45, 2.75) is 25.1 Å². The van der Waals surface area contributed by atoms with Crippen molar-refractivity contribution < 1.29 is 18.6 Å². The van der Waals surface area contributed by atoms with E-state index in [9.17, 15) is 13.9 Å². The summed E-state index contributed by atoms with van der Waals surface area (Å²) in [6.45, 7) is 5.53. The van der Waals surface area contributed by atoms with Gasteiger partial charge in [-0.3, -0.25) is 10.2 Å². The Morgan fingerprint density at radius 2 is 2.00 bits per heavy atom. The highest BCUT2D eigenvalue weighted by Gasteiger charge is 2.29. The molecule has 2 N–H and O–H groups in total. The van der Waals surface area contributed by atoms with Gasteiger partial charge in [-0.15, -0.1) is 0 Å². The number of morpholine rings is 1. The molecule has 0 aliphatic carbocycles. The van der Waals surface area contributed by atoms with Crippen molar-refractivity contribution in [1.29, 1.82) is 0 Å². The largest absolute Gasteiger partial charge is 0.379 e. The van der Waals surface area contributed by atoms with Gasteiger partial charge in [0.25, 0.3) is 0 Å². The Morgan fingerprint density at radius 1 is 1.15 bits per heavy atom. The number of halogens is 2. The van der Waals surface area contributed by atoms with Crippen molar-refractivity contribution in [3.8, 4) is 0 Å². The monoisotopic (exact) mass is 457 g/mol. The third-order valence-electron chi connectivity index (χ3n) is 6.60. The molecule has 5 rings (SSSR count). The number of hydrogen-bond donors (Lipinski definition) is 2. The fraction of sp³-hybridized carbons (Fsp3) is 0.458. The minimum atomic E-state index is -0.853. The number of aliphatic hydroxyl groups excluding tert-OH is 1. The van der Waals surface area contributed by atoms with Crippen molar-refractivity contribution >= 4 is 11.2 Å². The molecule has 176 valence electrons. The number of fused-ring (bicyclic) bond motifs is 1. The Balaban J connectivity index is 1.33. The number of hydrogen-bond acceptors (Lipinski definition) is 6. The molecule has 0 radical (unpaired) electrons. The van der Waals surface area contributed by atoms with E-state index in [2.05, 4.69) is 20.2 Å². The average molecular weight is 458 g/mol. The Labute approximate surface area is 191 Å². The lowest BCUT2D eigenvalue weighted by Crippen LogP contribution is -2.40. The topological polar surface area (TPSA) is 65.3 Å². The molecule has 4 heterocycles. The van der Waals surface area contributed by atoms with E-state index < -0.39 is 12.0 Å². The summed E-state index contributed by atoms with van der Waals surface area (Å²) >= 11 is 0. The molecule has 1 unspecified atom stereocenters. The Kier molecular flexibility index (Phi) is 6.55. The number of nitrogens with zero attached hydrogens (tertiary/aromatic N) is 4. The third-order valence-corrected chi connectivity index (χ3v) is 6.60. The smallest absolute Gasteiger partial charge is 0.134 e. The van der Waals surface area contributed by atoms with Gasteiger partial charge in [0.05, 0.1) is 31.0 Å². The number of nitrogens with one attached hydrogen (secondary N) is 1. The normalized spacial score (nSPS) is 20.6. The van der Waals surface area contributed by atoms with Gasteiger partial charge in [-0.2, -0.15) is 5.10 Å². The van der Waals surface area contributed by atoms with Crippen LogP contribution in [-0.2, 0) is 4.74 Å². The first-order chi connectivity index (χ1) is 16.1. The molecule has 2 atom stereocenters. The van der Waals surface area contributed by atoms with Gasteiger partial charge in [-0.05, 0) is 43.2 Å². The van der Waals surface area contributed by atoms with Crippen LogP contribution in [0.1, 0.15) is 36.2 Å². The molecule has 2 fully saturated rings. The first-order valence-electron chi connectivity index (χ1n) is 11.5. The number of aromatic nitrogens is 2. The van der Waals surface area contributed by atoms with Crippen molar-refractivity contribution in [1.82, 2.24) is 19.8 Å². The molecule has 0 amide bonds. The summed E-state index contributed by atoms with van der Waals surface area (Å²) < 4.78 is 35.4. The molecule has 2 aliphatic rings. The highest BCUT2D eigenvalue weighted by atomic mass is 19.1. The molecule has 1 aromatic carbocycles. The zero-order valence-corrected chi connectivity index (χ0v) is 18.5. The van der Waals surface area contributed by atoms with E-state index in [0.29, 0.717) is 17.7 Å². The van der Waals surface area contributed by atoms with Crippen LogP contribution in [-0.4, -0.2) is 65.6 Å². The van der Waals surface area contributed by atoms with Crippen LogP contribution in [0.4, 0.5) is 14.5 Å². The Morgan fingerprint density at radius 3 is 2.85 bits per heavy atom. The van der Waals surface area contributed by atoms with E-state index in [1.54, 1.807) is 10.7 Å². The van der Waals surface area contributed by atoms with Gasteiger partial charge in [0, 0.05) is 55.7 Å². The fourth-order valence-electron chi connectivity index (χ4n) is 4.84. The zero-order valence-electron chi connectivity index (χ0n) is 18.5. The number of rotatable bonds is 7. The van der Waals surface area contributed by atoms with Crippen LogP contribution in [0, 0.1) is 11.6 Å². The number of pyridine rings is 1. The first-order valence-corrected chi connectivity index (χ1v) is 11.5. The van der Waals surface area contributed by atoms with Crippen LogP contribution < -0.4 is 10.2 Å². The number of anilines is 1. The van der Waals surface area contributed by atoms with Crippen LogP contribution >= 0.6 is 0 Å². The summed E-state index contributed by atoms with van der Waals surface area (Å²) in [6.07, 6.45) is 4.30. The van der Waals surface area contributed by atoms with Gasteiger partial charge >= 0.3 is 0 Å². The second-order valence-electron chi connectivity index (χ2n) is 8.64. The lowest BCUT2D eigenvalue weighted by atomic mass is 10.0. The molecule has 7 nitrogen and oxygen atoms in total. The van der Waals surface area contributed by atoms with Crippen molar-refractivity contribution in [3.63, 3.8) is 0 Å². The molecule has 3 aromatic rings. The summed E-state index contributed by atoms with van der Waals surface area (Å²) in [6, 6.07) is 7.30. The maximum absolute atomic E-state index is 14.5. The molecule has 2 aromatic heterocycles. The summed E-state index contributed by atoms with van der Waals surface area (Å²) in [4.78, 5) is 4.41. The third kappa shape index (κ3) is 4.72. The van der Waals surface area contributed by atoms with Crippen molar-refractivity contribution in [3.05, 3.63) is 65.5 Å². The fourth-order valence-corrected chi connectivity index (χ4v) is 4.84. The lowest BCUT2D eigenvalue weighted by molar-refractivity contribution is 0.0356. The van der Waals surface area contributed by atoms with Crippen LogP contribution in [0.5, 0.6) is 0 Å². The standard InChI is InChI=1S/C24H29F2N5O2/c25-17-3-4-21(26)19(14-17)22-2-1-7-30(22)18-5-8-31-23(15-18)20(16-28-31)24(32)27-6-9-29-10-12-33-13-11-29/h3-5,8,14-16,22,24,27,32H,1-2,6-7,9-13H2/t22-,24?/m1/s1. The quantitative estimate of drug-likeness (QED) is 0.532. The minimum absolute atomic E-state index is 0.230. The molecule has 0 bridgehead atoms. The van der Waals surface area contributed by atoms with Gasteiger partial charge in [0.1, 0.15) is 17.9 Å². The molecule has 9 heteroatoms. The van der Waals surface area contributed by atoms with E-state index in [0.717, 1.165) is 69.5 Å². The van der Waals surface area contributed by atoms with Crippen molar-refractivity contribution in [2.24, 2.45) is 0 Å². The van der Waals surface area contributed by atoms with Crippen LogP contribution in [0.25, 0.3) is 5.52 Å². The van der Waals surface area contributed by atoms with Crippen molar-refractivity contribution in [2.75, 3.05) is 50.8 Å². The molecule has 33 heavy (non-hydrogen) atoms. The second-order valence-corrected chi connectivity index (χ2v) is 8.64. The number of aliphatic hydroxyl groups is 1. The first kappa shape index (κ1) is 22.2. The van der Waals surface area contributed by atoms with Crippen LogP contribution in [0.15, 0.2) is 42.7 Å². The van der Waals surface area contributed by atoms with E-state index in [1.807, 2.05) is 18.3 Å². The molecular weight excluding hydrogens is 428 g/mol. The summed E-state index contributed by atoms with van der Waals surface area (Å²) in [5, 5.41) is 18.3. The Hall–Kier alpha value is -2.59. The van der Waals surface area contributed by atoms with Crippen LogP contribution in [0.2, 0.25) is 0 Å². The summed E-state index contributed by atoms with van der Waals surface area (Å²) in [7, 11) is 0. The molecule has 0 spiro atoms. The summed E-state index contributed by atoms with van der Waals surface area (Å²) in [5.74, 6) is -0.822. The van der Waals surface area contributed by atoms with Gasteiger partial charge < -0.3 is 14.7 Å². The van der Waals surface area contributed by atoms with Gasteiger partial charge in [0.15, 0.2) is 0 Å². The van der Waals surface area contributed by atoms with Gasteiger partial charge in [-0.25, -0.2) is 13.3 Å². The summed E-state index contributed by atoms with van der Waals surface area (Å²) in [5.41, 5.74) is 2.75. The molecule has 2 aliphatic heterocycles. The SMILES string of the molecule is OC(NCCN1CCOCC1)c1cnn2ccc(N3CCC[C@@H]3c3cc(F)ccc3F)cc12. The number of benzene rings is 1. The zero-order chi connectivity index (χ0) is 22.8. The maximum Gasteiger partial charge on any atom is 0.134 e. The van der Waals surface area contributed by atoms with Crippen LogP contribution in [0.3, 0.4) is 0 Å². The van der Waals surface area contributed by atoms with E-state index in [-0.39, 0.29) is 11.9 Å². The lowest BCUT2D eigenvalue weighted by Gasteiger charge is -2.28. The highest BCUT2D eigenvalue weighted by molar-refractivity contribution is 5.64. The van der Waals surface area contributed by atoms with Gasteiger partial charge in [0.2, 0.25) is 0 Å². The highest BCUT2D eigenvalue weighted by Crippen LogP contribution is 2.38. The maximum atomic E-state index is 14.5. The molecule has 2 saturated heterocycles.